The van der Waals surface area contributed by atoms with E-state index in [2.05, 4.69) is 0 Å². The Hall–Kier alpha value is -2.66. The molecule has 0 aliphatic carbocycles. The molecule has 0 radical (unpaired) electrons. The van der Waals surface area contributed by atoms with Crippen molar-refractivity contribution < 1.29 is 19.1 Å². The zero-order valence-electron chi connectivity index (χ0n) is 16.6. The summed E-state index contributed by atoms with van der Waals surface area (Å²) in [6.07, 6.45) is 2.98. The summed E-state index contributed by atoms with van der Waals surface area (Å²) in [5.74, 6) is -1.20. The van der Waals surface area contributed by atoms with Crippen LogP contribution in [0.2, 0.25) is 5.02 Å². The average molecular weight is 414 g/mol. The fourth-order valence-electron chi connectivity index (χ4n) is 3.81. The number of nitrogens with zero attached hydrogens (tertiary/aromatic N) is 1. The van der Waals surface area contributed by atoms with Crippen LogP contribution in [0.15, 0.2) is 48.5 Å². The fourth-order valence-corrected chi connectivity index (χ4v) is 3.93. The number of likely N-dealkylation sites (tertiary alicyclic amines) is 1. The third kappa shape index (κ3) is 4.85. The van der Waals surface area contributed by atoms with E-state index in [0.717, 1.165) is 19.3 Å². The van der Waals surface area contributed by atoms with Crippen molar-refractivity contribution in [3.05, 3.63) is 70.2 Å². The van der Waals surface area contributed by atoms with Crippen molar-refractivity contribution in [2.75, 3.05) is 6.61 Å². The van der Waals surface area contributed by atoms with Crippen molar-refractivity contribution in [2.24, 2.45) is 0 Å². The molecule has 1 fully saturated rings. The molecule has 0 saturated carbocycles. The van der Waals surface area contributed by atoms with Crippen LogP contribution in [0.5, 0.6) is 0 Å². The molecule has 6 heteroatoms. The van der Waals surface area contributed by atoms with E-state index in [9.17, 15) is 14.4 Å². The van der Waals surface area contributed by atoms with E-state index in [1.165, 1.54) is 6.07 Å². The Labute approximate surface area is 175 Å². The number of rotatable bonds is 5. The lowest BCUT2D eigenvalue weighted by Crippen LogP contribution is -2.49. The predicted molar refractivity (Wildman–Crippen MR) is 111 cm³/mol. The zero-order valence-corrected chi connectivity index (χ0v) is 17.3. The van der Waals surface area contributed by atoms with Gasteiger partial charge in [0.15, 0.2) is 12.4 Å². The molecule has 2 aromatic carbocycles. The van der Waals surface area contributed by atoms with Crippen LogP contribution in [0.25, 0.3) is 0 Å². The fraction of sp³-hybridized carbons (Fsp3) is 0.348. The summed E-state index contributed by atoms with van der Waals surface area (Å²) in [5, 5.41) is 0.522. The molecular formula is C23H24ClNO4. The number of esters is 1. The number of benzene rings is 2. The van der Waals surface area contributed by atoms with E-state index in [4.69, 9.17) is 16.3 Å². The van der Waals surface area contributed by atoms with E-state index in [-0.39, 0.29) is 41.5 Å². The maximum atomic E-state index is 12.8. The summed E-state index contributed by atoms with van der Waals surface area (Å²) in [6.45, 7) is 3.68. The van der Waals surface area contributed by atoms with Crippen molar-refractivity contribution in [3.63, 3.8) is 0 Å². The van der Waals surface area contributed by atoms with Gasteiger partial charge in [-0.1, -0.05) is 29.8 Å². The Kier molecular flexibility index (Phi) is 6.70. The second kappa shape index (κ2) is 9.23. The number of ketones is 1. The average Bonchev–Trinajstić information content (AvgIpc) is 2.72. The lowest BCUT2D eigenvalue weighted by Gasteiger charge is -2.38. The van der Waals surface area contributed by atoms with Crippen molar-refractivity contribution in [1.29, 1.82) is 0 Å². The van der Waals surface area contributed by atoms with Gasteiger partial charge in [0.05, 0.1) is 5.56 Å². The minimum Gasteiger partial charge on any atom is -0.452 e. The molecule has 2 atom stereocenters. The lowest BCUT2D eigenvalue weighted by atomic mass is 9.97. The smallest absolute Gasteiger partial charge is 0.339 e. The van der Waals surface area contributed by atoms with Gasteiger partial charge in [0.1, 0.15) is 0 Å². The Morgan fingerprint density at radius 2 is 1.55 bits per heavy atom. The summed E-state index contributed by atoms with van der Waals surface area (Å²) >= 11 is 5.88. The van der Waals surface area contributed by atoms with Crippen LogP contribution in [0.4, 0.5) is 0 Å². The van der Waals surface area contributed by atoms with Crippen molar-refractivity contribution in [1.82, 2.24) is 4.90 Å². The van der Waals surface area contributed by atoms with Gasteiger partial charge in [-0.25, -0.2) is 4.79 Å². The van der Waals surface area contributed by atoms with Crippen molar-refractivity contribution in [3.8, 4) is 0 Å². The van der Waals surface area contributed by atoms with Crippen LogP contribution in [-0.2, 0) is 9.53 Å². The van der Waals surface area contributed by atoms with E-state index < -0.39 is 5.97 Å². The van der Waals surface area contributed by atoms with Crippen LogP contribution in [0.1, 0.15) is 59.4 Å². The van der Waals surface area contributed by atoms with Gasteiger partial charge in [-0.3, -0.25) is 9.59 Å². The quantitative estimate of drug-likeness (QED) is 0.534. The Bertz CT molecular complexity index is 899. The van der Waals surface area contributed by atoms with Gasteiger partial charge in [-0.2, -0.15) is 0 Å². The molecule has 5 nitrogen and oxygen atoms in total. The van der Waals surface area contributed by atoms with Gasteiger partial charge < -0.3 is 9.64 Å². The number of piperidine rings is 1. The highest BCUT2D eigenvalue weighted by Crippen LogP contribution is 2.23. The zero-order chi connectivity index (χ0) is 21.0. The van der Waals surface area contributed by atoms with Crippen LogP contribution < -0.4 is 0 Å². The van der Waals surface area contributed by atoms with E-state index >= 15 is 0 Å². The summed E-state index contributed by atoms with van der Waals surface area (Å²) in [4.78, 5) is 39.9. The highest BCUT2D eigenvalue weighted by molar-refractivity contribution is 6.30. The normalized spacial score (nSPS) is 18.9. The van der Waals surface area contributed by atoms with Gasteiger partial charge in [0.2, 0.25) is 0 Å². The predicted octanol–water partition coefficient (Wildman–Crippen LogP) is 4.52. The molecular weight excluding hydrogens is 390 g/mol. The molecule has 1 aliphatic rings. The van der Waals surface area contributed by atoms with Crippen LogP contribution >= 0.6 is 11.6 Å². The molecule has 1 aliphatic heterocycles. The van der Waals surface area contributed by atoms with Crippen LogP contribution in [0.3, 0.4) is 0 Å². The molecule has 1 saturated heterocycles. The Balaban J connectivity index is 1.72. The number of amides is 1. The number of carbonyl (C=O) groups excluding carboxylic acids is 3. The van der Waals surface area contributed by atoms with Crippen molar-refractivity contribution in [2.45, 2.75) is 45.2 Å². The first-order chi connectivity index (χ1) is 13.9. The van der Waals surface area contributed by atoms with Crippen LogP contribution in [0, 0.1) is 0 Å². The second-order valence-electron chi connectivity index (χ2n) is 7.39. The minimum absolute atomic E-state index is 0.128. The van der Waals surface area contributed by atoms with Crippen molar-refractivity contribution >= 4 is 29.3 Å². The number of hydrogen-bond acceptors (Lipinski definition) is 4. The van der Waals surface area contributed by atoms with Gasteiger partial charge in [0, 0.05) is 28.2 Å². The number of carbonyl (C=O) groups is 3. The number of hydrogen-bond donors (Lipinski definition) is 0. The molecule has 0 aromatic heterocycles. The third-order valence-corrected chi connectivity index (χ3v) is 5.56. The van der Waals surface area contributed by atoms with E-state index in [0.29, 0.717) is 10.6 Å². The molecule has 3 rings (SSSR count). The molecule has 1 heterocycles. The van der Waals surface area contributed by atoms with Gasteiger partial charge >= 0.3 is 5.97 Å². The number of ether oxygens (including phenoxy) is 1. The van der Waals surface area contributed by atoms with Gasteiger partial charge in [0.25, 0.3) is 5.91 Å². The molecule has 0 spiro atoms. The molecule has 152 valence electrons. The molecule has 0 unspecified atom stereocenters. The summed E-state index contributed by atoms with van der Waals surface area (Å²) in [5.41, 5.74) is 0.786. The summed E-state index contributed by atoms with van der Waals surface area (Å²) in [6, 6.07) is 13.2. The second-order valence-corrected chi connectivity index (χ2v) is 7.82. The maximum absolute atomic E-state index is 12.8. The number of halogens is 1. The monoisotopic (exact) mass is 413 g/mol. The summed E-state index contributed by atoms with van der Waals surface area (Å²) < 4.78 is 5.28. The third-order valence-electron chi connectivity index (χ3n) is 5.31. The topological polar surface area (TPSA) is 63.7 Å². The first-order valence-electron chi connectivity index (χ1n) is 9.76. The first-order valence-corrected chi connectivity index (χ1v) is 10.1. The molecule has 2 aromatic rings. The highest BCUT2D eigenvalue weighted by atomic mass is 35.5. The highest BCUT2D eigenvalue weighted by Gasteiger charge is 2.29. The van der Waals surface area contributed by atoms with E-state index in [1.54, 1.807) is 47.4 Å². The summed E-state index contributed by atoms with van der Waals surface area (Å²) in [7, 11) is 0. The molecule has 1 amide bonds. The molecule has 0 N–H and O–H groups in total. The van der Waals surface area contributed by atoms with E-state index in [1.807, 2.05) is 13.8 Å². The lowest BCUT2D eigenvalue weighted by molar-refractivity contribution is -0.140. The first kappa shape index (κ1) is 21.1. The van der Waals surface area contributed by atoms with Gasteiger partial charge in [-0.05, 0) is 63.4 Å². The molecule has 29 heavy (non-hydrogen) atoms. The van der Waals surface area contributed by atoms with Gasteiger partial charge in [-0.15, -0.1) is 0 Å². The maximum Gasteiger partial charge on any atom is 0.339 e. The Morgan fingerprint density at radius 3 is 2.17 bits per heavy atom. The molecule has 0 bridgehead atoms. The SMILES string of the molecule is C[C@@H]1CCC[C@@H](C)N1C(=O)COC(=O)c1ccccc1C(=O)c1ccc(Cl)cc1. The standard InChI is InChI=1S/C23H24ClNO4/c1-15-6-5-7-16(2)25(15)21(26)14-29-23(28)20-9-4-3-8-19(20)22(27)17-10-12-18(24)13-11-17/h3-4,8-13,15-16H,5-7,14H2,1-2H3/t15-,16-/m1/s1. The Morgan fingerprint density at radius 1 is 0.966 bits per heavy atom. The van der Waals surface area contributed by atoms with Crippen LogP contribution in [-0.4, -0.2) is 41.3 Å². The largest absolute Gasteiger partial charge is 0.452 e. The minimum atomic E-state index is -0.687.